The van der Waals surface area contributed by atoms with Crippen LogP contribution in [0.1, 0.15) is 49.5 Å². The molecular weight excluding hydrogens is 246 g/mol. The molecule has 96 valence electrons. The lowest BCUT2D eigenvalue weighted by Crippen LogP contribution is -2.04. The summed E-state index contributed by atoms with van der Waals surface area (Å²) >= 11 is 6.28. The third-order valence-electron chi connectivity index (χ3n) is 3.91. The minimum atomic E-state index is -0.0725. The van der Waals surface area contributed by atoms with E-state index in [1.54, 1.807) is 0 Å². The van der Waals surface area contributed by atoms with Crippen molar-refractivity contribution in [2.75, 3.05) is 0 Å². The molecule has 0 radical (unpaired) electrons. The summed E-state index contributed by atoms with van der Waals surface area (Å²) in [7, 11) is 0. The SMILES string of the molecule is CCC1CC1n1c(C(C)Cl)nc2c(C)ccnc21. The van der Waals surface area contributed by atoms with Crippen LogP contribution in [0.15, 0.2) is 12.3 Å². The molecule has 2 aromatic rings. The average molecular weight is 264 g/mol. The first-order valence-electron chi connectivity index (χ1n) is 6.61. The van der Waals surface area contributed by atoms with Gasteiger partial charge in [-0.1, -0.05) is 13.3 Å². The summed E-state index contributed by atoms with van der Waals surface area (Å²) < 4.78 is 2.27. The van der Waals surface area contributed by atoms with Gasteiger partial charge in [0.05, 0.1) is 5.38 Å². The van der Waals surface area contributed by atoms with Crippen LogP contribution in [0.2, 0.25) is 0 Å². The van der Waals surface area contributed by atoms with Crippen molar-refractivity contribution in [3.05, 3.63) is 23.7 Å². The van der Waals surface area contributed by atoms with Gasteiger partial charge in [-0.05, 0) is 37.8 Å². The molecule has 18 heavy (non-hydrogen) atoms. The van der Waals surface area contributed by atoms with Gasteiger partial charge in [0.15, 0.2) is 5.65 Å². The van der Waals surface area contributed by atoms with Crippen LogP contribution in [0.5, 0.6) is 0 Å². The number of aromatic nitrogens is 3. The Kier molecular flexibility index (Phi) is 2.81. The Labute approximate surface area is 112 Å². The molecule has 0 saturated heterocycles. The summed E-state index contributed by atoms with van der Waals surface area (Å²) in [6, 6.07) is 2.55. The summed E-state index contributed by atoms with van der Waals surface area (Å²) in [5.41, 5.74) is 3.17. The van der Waals surface area contributed by atoms with Crippen LogP contribution in [0, 0.1) is 12.8 Å². The zero-order valence-corrected chi connectivity index (χ0v) is 11.8. The Balaban J connectivity index is 2.20. The highest BCUT2D eigenvalue weighted by molar-refractivity contribution is 6.20. The Morgan fingerprint density at radius 2 is 2.33 bits per heavy atom. The van der Waals surface area contributed by atoms with Gasteiger partial charge in [-0.15, -0.1) is 11.6 Å². The summed E-state index contributed by atoms with van der Waals surface area (Å²) in [5.74, 6) is 1.73. The highest BCUT2D eigenvalue weighted by Crippen LogP contribution is 2.48. The van der Waals surface area contributed by atoms with E-state index >= 15 is 0 Å². The molecule has 2 aromatic heterocycles. The van der Waals surface area contributed by atoms with E-state index in [4.69, 9.17) is 16.6 Å². The Morgan fingerprint density at radius 3 is 2.94 bits per heavy atom. The standard InChI is InChI=1S/C14H18ClN3/c1-4-10-7-11(10)18-13(9(3)15)17-12-8(2)5-6-16-14(12)18/h5-6,9-11H,4,7H2,1-3H3. The fraction of sp³-hybridized carbons (Fsp3) is 0.571. The molecule has 3 nitrogen and oxygen atoms in total. The van der Waals surface area contributed by atoms with E-state index in [-0.39, 0.29) is 5.38 Å². The predicted molar refractivity (Wildman–Crippen MR) is 74.0 cm³/mol. The lowest BCUT2D eigenvalue weighted by atomic mass is 10.3. The van der Waals surface area contributed by atoms with Crippen LogP contribution >= 0.6 is 11.6 Å². The highest BCUT2D eigenvalue weighted by atomic mass is 35.5. The van der Waals surface area contributed by atoms with Crippen LogP contribution in [0.4, 0.5) is 0 Å². The van der Waals surface area contributed by atoms with Crippen molar-refractivity contribution >= 4 is 22.8 Å². The van der Waals surface area contributed by atoms with Crippen molar-refractivity contribution in [3.8, 4) is 0 Å². The van der Waals surface area contributed by atoms with Crippen LogP contribution in [-0.4, -0.2) is 14.5 Å². The molecule has 0 amide bonds. The van der Waals surface area contributed by atoms with Crippen molar-refractivity contribution in [2.45, 2.75) is 45.0 Å². The van der Waals surface area contributed by atoms with Crippen molar-refractivity contribution in [1.29, 1.82) is 0 Å². The van der Waals surface area contributed by atoms with Crippen molar-refractivity contribution in [2.24, 2.45) is 5.92 Å². The monoisotopic (exact) mass is 263 g/mol. The number of aryl methyl sites for hydroxylation is 1. The van der Waals surface area contributed by atoms with Crippen LogP contribution < -0.4 is 0 Å². The maximum absolute atomic E-state index is 6.28. The van der Waals surface area contributed by atoms with Crippen molar-refractivity contribution in [1.82, 2.24) is 14.5 Å². The van der Waals surface area contributed by atoms with Gasteiger partial charge >= 0.3 is 0 Å². The first kappa shape index (κ1) is 12.0. The van der Waals surface area contributed by atoms with Gasteiger partial charge in [0.2, 0.25) is 0 Å². The number of halogens is 1. The molecule has 0 N–H and O–H groups in total. The summed E-state index contributed by atoms with van der Waals surface area (Å²) in [5, 5.41) is -0.0725. The molecule has 3 atom stereocenters. The lowest BCUT2D eigenvalue weighted by Gasteiger charge is -2.09. The smallest absolute Gasteiger partial charge is 0.160 e. The Bertz CT molecular complexity index is 588. The van der Waals surface area contributed by atoms with E-state index in [2.05, 4.69) is 23.4 Å². The van der Waals surface area contributed by atoms with Gasteiger partial charge in [0, 0.05) is 12.2 Å². The molecule has 1 fully saturated rings. The topological polar surface area (TPSA) is 30.7 Å². The van der Waals surface area contributed by atoms with E-state index in [0.29, 0.717) is 6.04 Å². The number of hydrogen-bond acceptors (Lipinski definition) is 2. The molecule has 3 unspecified atom stereocenters. The molecule has 0 spiro atoms. The maximum Gasteiger partial charge on any atom is 0.160 e. The van der Waals surface area contributed by atoms with Gasteiger partial charge in [0.1, 0.15) is 11.3 Å². The Morgan fingerprint density at radius 1 is 1.56 bits per heavy atom. The quantitative estimate of drug-likeness (QED) is 0.784. The molecule has 1 aliphatic rings. The third-order valence-corrected chi connectivity index (χ3v) is 4.10. The molecule has 0 aliphatic heterocycles. The largest absolute Gasteiger partial charge is 0.308 e. The second-order valence-electron chi connectivity index (χ2n) is 5.23. The number of imidazole rings is 1. The van der Waals surface area contributed by atoms with Crippen LogP contribution in [0.25, 0.3) is 11.2 Å². The maximum atomic E-state index is 6.28. The highest BCUT2D eigenvalue weighted by Gasteiger charge is 2.40. The lowest BCUT2D eigenvalue weighted by molar-refractivity contribution is 0.621. The van der Waals surface area contributed by atoms with Crippen LogP contribution in [-0.2, 0) is 0 Å². The zero-order valence-electron chi connectivity index (χ0n) is 11.0. The second kappa shape index (κ2) is 4.23. The summed E-state index contributed by atoms with van der Waals surface area (Å²) in [6.45, 7) is 6.30. The van der Waals surface area contributed by atoms with E-state index in [0.717, 1.165) is 22.9 Å². The molecule has 0 bridgehead atoms. The fourth-order valence-electron chi connectivity index (χ4n) is 2.72. The number of alkyl halides is 1. The van der Waals surface area contributed by atoms with E-state index in [1.165, 1.54) is 18.4 Å². The van der Waals surface area contributed by atoms with Gasteiger partial charge in [-0.3, -0.25) is 0 Å². The van der Waals surface area contributed by atoms with Gasteiger partial charge < -0.3 is 4.57 Å². The minimum absolute atomic E-state index is 0.0725. The molecule has 0 aromatic carbocycles. The average Bonchev–Trinajstić information content (AvgIpc) is 3.01. The fourth-order valence-corrected chi connectivity index (χ4v) is 2.88. The van der Waals surface area contributed by atoms with Gasteiger partial charge in [0.25, 0.3) is 0 Å². The predicted octanol–water partition coefficient (Wildman–Crippen LogP) is 4.01. The van der Waals surface area contributed by atoms with Gasteiger partial charge in [-0.2, -0.15) is 0 Å². The first-order chi connectivity index (χ1) is 8.63. The molecule has 3 rings (SSSR count). The van der Waals surface area contributed by atoms with E-state index in [1.807, 2.05) is 19.2 Å². The molecule has 4 heteroatoms. The normalized spacial score (nSPS) is 24.4. The molecule has 2 heterocycles. The number of nitrogens with zero attached hydrogens (tertiary/aromatic N) is 3. The number of hydrogen-bond donors (Lipinski definition) is 0. The first-order valence-corrected chi connectivity index (χ1v) is 7.04. The number of pyridine rings is 1. The Hall–Kier alpha value is -1.09. The summed E-state index contributed by atoms with van der Waals surface area (Å²) in [6.07, 6.45) is 4.31. The summed E-state index contributed by atoms with van der Waals surface area (Å²) in [4.78, 5) is 9.23. The van der Waals surface area contributed by atoms with Crippen molar-refractivity contribution < 1.29 is 0 Å². The minimum Gasteiger partial charge on any atom is -0.308 e. The number of fused-ring (bicyclic) bond motifs is 1. The molecule has 1 saturated carbocycles. The molecule has 1 aliphatic carbocycles. The number of rotatable bonds is 3. The zero-order chi connectivity index (χ0) is 12.9. The third kappa shape index (κ3) is 1.72. The van der Waals surface area contributed by atoms with E-state index < -0.39 is 0 Å². The van der Waals surface area contributed by atoms with Crippen LogP contribution in [0.3, 0.4) is 0 Å². The van der Waals surface area contributed by atoms with Gasteiger partial charge in [-0.25, -0.2) is 9.97 Å². The van der Waals surface area contributed by atoms with Crippen molar-refractivity contribution in [3.63, 3.8) is 0 Å². The molecular formula is C14H18ClN3. The second-order valence-corrected chi connectivity index (χ2v) is 5.88. The van der Waals surface area contributed by atoms with E-state index in [9.17, 15) is 0 Å².